The third-order valence-corrected chi connectivity index (χ3v) is 14.8. The Morgan fingerprint density at radius 1 is 0.263 bits per heavy atom. The molecule has 0 N–H and O–H groups in total. The van der Waals surface area contributed by atoms with E-state index in [-0.39, 0.29) is 31.1 Å². The number of allylic oxidation sites excluding steroid dienone is 16. The lowest BCUT2D eigenvalue weighted by molar-refractivity contribution is -0.167. The van der Waals surface area contributed by atoms with Gasteiger partial charge >= 0.3 is 17.9 Å². The molecule has 0 saturated heterocycles. The van der Waals surface area contributed by atoms with Gasteiger partial charge in [0.2, 0.25) is 0 Å². The van der Waals surface area contributed by atoms with E-state index in [9.17, 15) is 14.4 Å². The van der Waals surface area contributed by atoms with Crippen LogP contribution in [0.3, 0.4) is 0 Å². The Morgan fingerprint density at radius 2 is 0.512 bits per heavy atom. The molecular weight excluding hydrogens is 985 g/mol. The van der Waals surface area contributed by atoms with Crippen LogP contribution in [0.2, 0.25) is 0 Å². The first-order valence-electron chi connectivity index (χ1n) is 34.2. The molecule has 0 aromatic heterocycles. The molecule has 1 unspecified atom stereocenters. The molecule has 0 aliphatic rings. The number of esters is 3. The summed E-state index contributed by atoms with van der Waals surface area (Å²) in [5, 5.41) is 0. The Labute approximate surface area is 496 Å². The number of ether oxygens (including phenoxy) is 3. The fraction of sp³-hybridized carbons (Fsp3) is 0.743. The van der Waals surface area contributed by atoms with E-state index in [1.165, 1.54) is 173 Å². The van der Waals surface area contributed by atoms with Gasteiger partial charge in [0.1, 0.15) is 13.2 Å². The fourth-order valence-electron chi connectivity index (χ4n) is 9.68. The van der Waals surface area contributed by atoms with Gasteiger partial charge in [0.15, 0.2) is 6.10 Å². The lowest BCUT2D eigenvalue weighted by atomic mass is 10.0. The molecule has 0 aliphatic heterocycles. The van der Waals surface area contributed by atoms with Gasteiger partial charge in [0.05, 0.1) is 0 Å². The van der Waals surface area contributed by atoms with Gasteiger partial charge < -0.3 is 14.2 Å². The number of carbonyl (C=O) groups excluding carboxylic acids is 3. The maximum atomic E-state index is 12.9. The van der Waals surface area contributed by atoms with Crippen molar-refractivity contribution in [2.24, 2.45) is 0 Å². The van der Waals surface area contributed by atoms with Gasteiger partial charge in [0, 0.05) is 19.3 Å². The Balaban J connectivity index is 4.23. The molecule has 0 heterocycles. The normalized spacial score (nSPS) is 12.7. The number of rotatable bonds is 62. The van der Waals surface area contributed by atoms with Gasteiger partial charge in [-0.1, -0.05) is 298 Å². The fourth-order valence-corrected chi connectivity index (χ4v) is 9.68. The molecule has 460 valence electrons. The zero-order chi connectivity index (χ0) is 57.8. The quantitative estimate of drug-likeness (QED) is 0.0261. The minimum atomic E-state index is -0.790. The lowest BCUT2D eigenvalue weighted by Crippen LogP contribution is -2.30. The van der Waals surface area contributed by atoms with Crippen LogP contribution < -0.4 is 0 Å². The zero-order valence-corrected chi connectivity index (χ0v) is 52.8. The highest BCUT2D eigenvalue weighted by molar-refractivity contribution is 5.71. The monoisotopic (exact) mass is 1110 g/mol. The van der Waals surface area contributed by atoms with Crippen molar-refractivity contribution in [3.05, 3.63) is 97.2 Å². The van der Waals surface area contributed by atoms with Crippen LogP contribution in [0.15, 0.2) is 97.2 Å². The number of hydrogen-bond acceptors (Lipinski definition) is 6. The Hall–Kier alpha value is -3.67. The third-order valence-electron chi connectivity index (χ3n) is 14.8. The summed E-state index contributed by atoms with van der Waals surface area (Å²) in [4.78, 5) is 38.3. The highest BCUT2D eigenvalue weighted by Crippen LogP contribution is 2.17. The first-order valence-corrected chi connectivity index (χ1v) is 34.2. The van der Waals surface area contributed by atoms with E-state index in [0.717, 1.165) is 122 Å². The van der Waals surface area contributed by atoms with E-state index in [4.69, 9.17) is 14.2 Å². The summed E-state index contributed by atoms with van der Waals surface area (Å²) >= 11 is 0. The second-order valence-electron chi connectivity index (χ2n) is 22.7. The van der Waals surface area contributed by atoms with Gasteiger partial charge in [-0.2, -0.15) is 0 Å². The molecule has 0 aromatic rings. The van der Waals surface area contributed by atoms with Crippen molar-refractivity contribution < 1.29 is 28.6 Å². The average Bonchev–Trinajstić information content (AvgIpc) is 3.46. The molecule has 6 nitrogen and oxygen atoms in total. The van der Waals surface area contributed by atoms with Crippen LogP contribution >= 0.6 is 0 Å². The Bertz CT molecular complexity index is 1560. The van der Waals surface area contributed by atoms with E-state index >= 15 is 0 Å². The highest BCUT2D eigenvalue weighted by atomic mass is 16.6. The molecule has 0 aliphatic carbocycles. The van der Waals surface area contributed by atoms with Gasteiger partial charge in [-0.05, 0) is 116 Å². The smallest absolute Gasteiger partial charge is 0.306 e. The molecule has 0 radical (unpaired) electrons. The topological polar surface area (TPSA) is 78.9 Å². The zero-order valence-electron chi connectivity index (χ0n) is 52.8. The SMILES string of the molecule is CC/C=C\C/C=C\C/C=C\C/C=C\C/C=C\C/C=C\CCCCCCCCC(=O)OC(COC(=O)CCCCCCC/C=C\CCC)COC(=O)CCCCCCCCCCCCCCCCC/C=C\CCCCCCCCCC. The second-order valence-corrected chi connectivity index (χ2v) is 22.7. The molecule has 6 heteroatoms. The number of hydrogen-bond donors (Lipinski definition) is 0. The summed E-state index contributed by atoms with van der Waals surface area (Å²) in [5.41, 5.74) is 0. The predicted molar refractivity (Wildman–Crippen MR) is 348 cm³/mol. The van der Waals surface area contributed by atoms with Gasteiger partial charge in [-0.3, -0.25) is 14.4 Å². The summed E-state index contributed by atoms with van der Waals surface area (Å²) < 4.78 is 16.9. The summed E-state index contributed by atoms with van der Waals surface area (Å²) in [6.07, 6.45) is 91.5. The van der Waals surface area contributed by atoms with E-state index in [0.29, 0.717) is 19.3 Å². The number of carbonyl (C=O) groups is 3. The Morgan fingerprint density at radius 3 is 0.825 bits per heavy atom. The second kappa shape index (κ2) is 67.8. The van der Waals surface area contributed by atoms with Crippen LogP contribution in [0.25, 0.3) is 0 Å². The summed E-state index contributed by atoms with van der Waals surface area (Å²) in [6, 6.07) is 0. The summed E-state index contributed by atoms with van der Waals surface area (Å²) in [5.74, 6) is -0.899. The molecule has 0 rings (SSSR count). The van der Waals surface area contributed by atoms with E-state index in [2.05, 4.69) is 118 Å². The van der Waals surface area contributed by atoms with Crippen LogP contribution in [-0.2, 0) is 28.6 Å². The van der Waals surface area contributed by atoms with Crippen molar-refractivity contribution in [1.29, 1.82) is 0 Å². The van der Waals surface area contributed by atoms with E-state index in [1.54, 1.807) is 0 Å². The van der Waals surface area contributed by atoms with Crippen LogP contribution in [0.4, 0.5) is 0 Å². The van der Waals surface area contributed by atoms with Crippen LogP contribution in [-0.4, -0.2) is 37.2 Å². The molecule has 0 bridgehead atoms. The number of unbranched alkanes of at least 4 members (excludes halogenated alkanes) is 35. The van der Waals surface area contributed by atoms with E-state index < -0.39 is 6.10 Å². The van der Waals surface area contributed by atoms with Crippen molar-refractivity contribution in [2.45, 2.75) is 341 Å². The molecule has 0 aromatic carbocycles. The predicted octanol–water partition coefficient (Wildman–Crippen LogP) is 23.6. The minimum absolute atomic E-state index is 0.0847. The minimum Gasteiger partial charge on any atom is -0.462 e. The summed E-state index contributed by atoms with van der Waals surface area (Å²) in [6.45, 7) is 6.48. The summed E-state index contributed by atoms with van der Waals surface area (Å²) in [7, 11) is 0. The largest absolute Gasteiger partial charge is 0.462 e. The van der Waals surface area contributed by atoms with Crippen molar-refractivity contribution in [3.63, 3.8) is 0 Å². The molecule has 1 atom stereocenters. The van der Waals surface area contributed by atoms with Crippen LogP contribution in [0, 0.1) is 0 Å². The standard InChI is InChI=1S/C74H128O6/c1-4-7-10-13-16-19-22-24-26-28-30-32-34-36-37-39-40-42-44-46-48-50-52-55-58-61-64-67-73(76)79-70-71(69-78-72(75)66-63-60-57-54-21-18-15-12-9-6-3)80-74(77)68-65-62-59-56-53-51-49-47-45-43-41-38-35-33-31-29-27-25-23-20-17-14-11-8-5-2/h8,11-12,15,17,20,25,27-28,30-31,33,38,41,45,47,71H,4-7,9-10,13-14,16,18-19,21-24,26,29,32,34-37,39-40,42-44,46,48-70H2,1-3H3/b11-8-,15-12-,20-17-,27-25-,30-28-,33-31-,41-38-,47-45-. The first-order chi connectivity index (χ1) is 39.5. The first kappa shape index (κ1) is 76.3. The molecule has 0 spiro atoms. The van der Waals surface area contributed by atoms with Crippen LogP contribution in [0.1, 0.15) is 335 Å². The van der Waals surface area contributed by atoms with Crippen molar-refractivity contribution in [2.75, 3.05) is 13.2 Å². The van der Waals surface area contributed by atoms with Crippen molar-refractivity contribution in [3.8, 4) is 0 Å². The molecule has 80 heavy (non-hydrogen) atoms. The van der Waals surface area contributed by atoms with Crippen molar-refractivity contribution >= 4 is 17.9 Å². The molecular formula is C74H128O6. The maximum Gasteiger partial charge on any atom is 0.306 e. The van der Waals surface area contributed by atoms with Gasteiger partial charge in [-0.25, -0.2) is 0 Å². The lowest BCUT2D eigenvalue weighted by Gasteiger charge is -2.18. The third kappa shape index (κ3) is 65.1. The maximum absolute atomic E-state index is 12.9. The molecule has 0 fully saturated rings. The van der Waals surface area contributed by atoms with Gasteiger partial charge in [0.25, 0.3) is 0 Å². The highest BCUT2D eigenvalue weighted by Gasteiger charge is 2.19. The van der Waals surface area contributed by atoms with Crippen molar-refractivity contribution in [1.82, 2.24) is 0 Å². The molecule has 0 amide bonds. The van der Waals surface area contributed by atoms with Gasteiger partial charge in [-0.15, -0.1) is 0 Å². The van der Waals surface area contributed by atoms with E-state index in [1.807, 2.05) is 0 Å². The average molecular weight is 1110 g/mol. The Kier molecular flexibility index (Phi) is 64.7. The molecule has 0 saturated carbocycles. The van der Waals surface area contributed by atoms with Crippen LogP contribution in [0.5, 0.6) is 0 Å².